The summed E-state index contributed by atoms with van der Waals surface area (Å²) in [5.74, 6) is 0.0456. The molecule has 0 unspecified atom stereocenters. The van der Waals surface area contributed by atoms with Crippen LogP contribution in [0.1, 0.15) is 11.4 Å². The molecule has 0 saturated heterocycles. The van der Waals surface area contributed by atoms with Crippen LogP contribution in [-0.2, 0) is 4.79 Å². The fraction of sp³-hybridized carbons (Fsp3) is 0.385. The van der Waals surface area contributed by atoms with Crippen LogP contribution in [0.15, 0.2) is 18.2 Å². The Labute approximate surface area is 111 Å². The van der Waals surface area contributed by atoms with Crippen molar-refractivity contribution in [3.05, 3.63) is 23.2 Å². The number of aryl methyl sites for hydroxylation is 1. The number of nitrogens with one attached hydrogen (secondary N) is 1. The average Bonchev–Trinajstić information content (AvgIpc) is 2.66. The summed E-state index contributed by atoms with van der Waals surface area (Å²) in [7, 11) is 3.92. The van der Waals surface area contributed by atoms with Crippen LogP contribution >= 0.6 is 11.3 Å². The molecule has 2 rings (SSSR count). The number of anilines is 1. The number of rotatable bonds is 4. The number of amides is 1. The van der Waals surface area contributed by atoms with Gasteiger partial charge in [-0.3, -0.25) is 4.79 Å². The Bertz CT molecular complexity index is 562. The molecule has 1 heterocycles. The fourth-order valence-electron chi connectivity index (χ4n) is 1.67. The Kier molecular flexibility index (Phi) is 3.93. The number of thiazole rings is 1. The molecule has 1 aromatic carbocycles. The van der Waals surface area contributed by atoms with Gasteiger partial charge in [-0.25, -0.2) is 4.98 Å². The van der Waals surface area contributed by atoms with Gasteiger partial charge in [-0.1, -0.05) is 0 Å². The van der Waals surface area contributed by atoms with Crippen LogP contribution < -0.4 is 5.32 Å². The summed E-state index contributed by atoms with van der Waals surface area (Å²) in [6.07, 6.45) is 0.507. The summed E-state index contributed by atoms with van der Waals surface area (Å²) >= 11 is 1.64. The monoisotopic (exact) mass is 263 g/mol. The van der Waals surface area contributed by atoms with Gasteiger partial charge >= 0.3 is 0 Å². The molecular weight excluding hydrogens is 246 g/mol. The summed E-state index contributed by atoms with van der Waals surface area (Å²) in [6.45, 7) is 2.74. The van der Waals surface area contributed by atoms with E-state index in [1.165, 1.54) is 0 Å². The maximum absolute atomic E-state index is 11.7. The van der Waals surface area contributed by atoms with E-state index in [0.717, 1.165) is 27.5 Å². The highest BCUT2D eigenvalue weighted by atomic mass is 32.1. The van der Waals surface area contributed by atoms with Gasteiger partial charge in [0.1, 0.15) is 0 Å². The van der Waals surface area contributed by atoms with Crippen LogP contribution in [0, 0.1) is 6.92 Å². The van der Waals surface area contributed by atoms with Gasteiger partial charge in [0.25, 0.3) is 0 Å². The molecule has 18 heavy (non-hydrogen) atoms. The molecule has 1 aromatic heterocycles. The first-order valence-corrected chi connectivity index (χ1v) is 6.68. The minimum atomic E-state index is 0.0456. The summed E-state index contributed by atoms with van der Waals surface area (Å²) < 4.78 is 1.11. The van der Waals surface area contributed by atoms with Gasteiger partial charge in [0.05, 0.1) is 15.2 Å². The topological polar surface area (TPSA) is 45.2 Å². The van der Waals surface area contributed by atoms with Crippen LogP contribution in [0.25, 0.3) is 10.2 Å². The minimum Gasteiger partial charge on any atom is -0.326 e. The zero-order valence-electron chi connectivity index (χ0n) is 10.9. The largest absolute Gasteiger partial charge is 0.326 e. The molecule has 0 fully saturated rings. The highest BCUT2D eigenvalue weighted by Crippen LogP contribution is 2.24. The molecule has 0 atom stereocenters. The summed E-state index contributed by atoms with van der Waals surface area (Å²) in [4.78, 5) is 18.1. The number of hydrogen-bond donors (Lipinski definition) is 1. The van der Waals surface area contributed by atoms with E-state index >= 15 is 0 Å². The van der Waals surface area contributed by atoms with Gasteiger partial charge in [0, 0.05) is 18.7 Å². The van der Waals surface area contributed by atoms with E-state index in [2.05, 4.69) is 10.3 Å². The molecule has 1 N–H and O–H groups in total. The zero-order valence-corrected chi connectivity index (χ0v) is 11.7. The number of carbonyl (C=O) groups is 1. The second-order valence-corrected chi connectivity index (χ2v) is 5.75. The first kappa shape index (κ1) is 13.0. The zero-order chi connectivity index (χ0) is 13.1. The molecule has 1 amide bonds. The van der Waals surface area contributed by atoms with Crippen molar-refractivity contribution in [2.75, 3.05) is 26.0 Å². The molecule has 2 aromatic rings. The van der Waals surface area contributed by atoms with Crippen molar-refractivity contribution >= 4 is 33.1 Å². The lowest BCUT2D eigenvalue weighted by Crippen LogP contribution is -2.20. The van der Waals surface area contributed by atoms with E-state index in [0.29, 0.717) is 6.42 Å². The molecule has 5 heteroatoms. The molecule has 0 spiro atoms. The van der Waals surface area contributed by atoms with E-state index in [9.17, 15) is 4.79 Å². The van der Waals surface area contributed by atoms with E-state index in [-0.39, 0.29) is 5.91 Å². The normalized spacial score (nSPS) is 11.1. The quantitative estimate of drug-likeness (QED) is 0.921. The standard InChI is InChI=1S/C13H17N3OS/c1-9-14-11-5-4-10(8-12(11)18-9)15-13(17)6-7-16(2)3/h4-5,8H,6-7H2,1-3H3,(H,15,17). The third-order valence-corrected chi connectivity index (χ3v) is 3.50. The highest BCUT2D eigenvalue weighted by molar-refractivity contribution is 7.18. The van der Waals surface area contributed by atoms with E-state index in [4.69, 9.17) is 0 Å². The third kappa shape index (κ3) is 3.27. The van der Waals surface area contributed by atoms with Crippen molar-refractivity contribution in [1.29, 1.82) is 0 Å². The predicted octanol–water partition coefficient (Wildman–Crippen LogP) is 2.49. The van der Waals surface area contributed by atoms with Crippen LogP contribution in [0.2, 0.25) is 0 Å². The first-order chi connectivity index (χ1) is 8.54. The highest BCUT2D eigenvalue weighted by Gasteiger charge is 2.05. The van der Waals surface area contributed by atoms with Gasteiger partial charge in [0.15, 0.2) is 0 Å². The Hall–Kier alpha value is -1.46. The maximum Gasteiger partial charge on any atom is 0.225 e. The number of carbonyl (C=O) groups excluding carboxylic acids is 1. The fourth-order valence-corrected chi connectivity index (χ4v) is 2.53. The van der Waals surface area contributed by atoms with Crippen molar-refractivity contribution in [3.8, 4) is 0 Å². The maximum atomic E-state index is 11.7. The number of nitrogens with zero attached hydrogens (tertiary/aromatic N) is 2. The van der Waals surface area contributed by atoms with Crippen molar-refractivity contribution in [1.82, 2.24) is 9.88 Å². The van der Waals surface area contributed by atoms with Crippen LogP contribution in [0.4, 0.5) is 5.69 Å². The lowest BCUT2D eigenvalue weighted by molar-refractivity contribution is -0.116. The molecular formula is C13H17N3OS. The molecule has 0 aliphatic carbocycles. The number of benzene rings is 1. The Balaban J connectivity index is 2.05. The van der Waals surface area contributed by atoms with Crippen molar-refractivity contribution in [2.45, 2.75) is 13.3 Å². The number of aromatic nitrogens is 1. The van der Waals surface area contributed by atoms with E-state index in [1.54, 1.807) is 11.3 Å². The Morgan fingerprint density at radius 1 is 1.44 bits per heavy atom. The van der Waals surface area contributed by atoms with E-state index in [1.807, 2.05) is 44.1 Å². The average molecular weight is 263 g/mol. The Morgan fingerprint density at radius 3 is 2.94 bits per heavy atom. The molecule has 4 nitrogen and oxygen atoms in total. The van der Waals surface area contributed by atoms with Gasteiger partial charge in [-0.2, -0.15) is 0 Å². The molecule has 0 aliphatic heterocycles. The lowest BCUT2D eigenvalue weighted by Gasteiger charge is -2.09. The summed E-state index contributed by atoms with van der Waals surface area (Å²) in [6, 6.07) is 5.82. The lowest BCUT2D eigenvalue weighted by atomic mass is 10.3. The van der Waals surface area contributed by atoms with Gasteiger partial charge in [0.2, 0.25) is 5.91 Å². The SMILES string of the molecule is Cc1nc2ccc(NC(=O)CCN(C)C)cc2s1. The number of fused-ring (bicyclic) bond motifs is 1. The van der Waals surface area contributed by atoms with Crippen molar-refractivity contribution < 1.29 is 4.79 Å². The molecule has 0 radical (unpaired) electrons. The second-order valence-electron chi connectivity index (χ2n) is 4.52. The minimum absolute atomic E-state index is 0.0456. The van der Waals surface area contributed by atoms with Crippen LogP contribution in [0.3, 0.4) is 0 Å². The van der Waals surface area contributed by atoms with Crippen molar-refractivity contribution in [3.63, 3.8) is 0 Å². The first-order valence-electron chi connectivity index (χ1n) is 5.86. The predicted molar refractivity (Wildman–Crippen MR) is 76.2 cm³/mol. The smallest absolute Gasteiger partial charge is 0.225 e. The van der Waals surface area contributed by atoms with Crippen LogP contribution in [0.5, 0.6) is 0 Å². The second kappa shape index (κ2) is 5.46. The molecule has 96 valence electrons. The summed E-state index contributed by atoms with van der Waals surface area (Å²) in [5, 5.41) is 3.95. The molecule has 0 saturated carbocycles. The van der Waals surface area contributed by atoms with E-state index < -0.39 is 0 Å². The van der Waals surface area contributed by atoms with Gasteiger partial charge in [-0.05, 0) is 39.2 Å². The third-order valence-electron chi connectivity index (χ3n) is 2.57. The summed E-state index contributed by atoms with van der Waals surface area (Å²) in [5.41, 5.74) is 1.83. The van der Waals surface area contributed by atoms with Gasteiger partial charge < -0.3 is 10.2 Å². The van der Waals surface area contributed by atoms with Crippen LogP contribution in [-0.4, -0.2) is 36.4 Å². The van der Waals surface area contributed by atoms with Crippen molar-refractivity contribution in [2.24, 2.45) is 0 Å². The molecule has 0 bridgehead atoms. The number of hydrogen-bond acceptors (Lipinski definition) is 4. The van der Waals surface area contributed by atoms with Gasteiger partial charge in [-0.15, -0.1) is 11.3 Å². The Morgan fingerprint density at radius 2 is 2.22 bits per heavy atom. The molecule has 0 aliphatic rings.